The first-order valence-electron chi connectivity index (χ1n) is 6.63. The van der Waals surface area contributed by atoms with Crippen molar-refractivity contribution >= 4 is 17.6 Å². The molecule has 106 valence electrons. The SMILES string of the molecule is Cc1nn(C)c(Cl)c1CNC1CCC(C(=O)O)CC1. The minimum atomic E-state index is -0.662. The van der Waals surface area contributed by atoms with Gasteiger partial charge in [0, 0.05) is 25.2 Å². The summed E-state index contributed by atoms with van der Waals surface area (Å²) in [7, 11) is 1.83. The van der Waals surface area contributed by atoms with Gasteiger partial charge in [-0.1, -0.05) is 11.6 Å². The number of nitrogens with zero attached hydrogens (tertiary/aromatic N) is 2. The number of carboxylic acid groups (broad SMARTS) is 1. The van der Waals surface area contributed by atoms with E-state index in [0.717, 1.165) is 36.9 Å². The summed E-state index contributed by atoms with van der Waals surface area (Å²) in [6.07, 6.45) is 3.33. The summed E-state index contributed by atoms with van der Waals surface area (Å²) in [4.78, 5) is 10.9. The highest BCUT2D eigenvalue weighted by Gasteiger charge is 2.25. The second-order valence-corrected chi connectivity index (χ2v) is 5.60. The molecular weight excluding hydrogens is 266 g/mol. The standard InChI is InChI=1S/C13H20ClN3O2/c1-8-11(12(14)17(2)16-8)7-15-10-5-3-9(4-6-10)13(18)19/h9-10,15H,3-7H2,1-2H3,(H,18,19). The van der Waals surface area contributed by atoms with Gasteiger partial charge in [-0.15, -0.1) is 0 Å². The topological polar surface area (TPSA) is 67.2 Å². The van der Waals surface area contributed by atoms with Crippen molar-refractivity contribution in [2.24, 2.45) is 13.0 Å². The van der Waals surface area contributed by atoms with E-state index < -0.39 is 5.97 Å². The van der Waals surface area contributed by atoms with E-state index in [-0.39, 0.29) is 5.92 Å². The molecule has 1 saturated carbocycles. The predicted molar refractivity (Wildman–Crippen MR) is 73.2 cm³/mol. The normalized spacial score (nSPS) is 23.5. The minimum Gasteiger partial charge on any atom is -0.481 e. The van der Waals surface area contributed by atoms with Crippen LogP contribution in [0.15, 0.2) is 0 Å². The second kappa shape index (κ2) is 5.92. The quantitative estimate of drug-likeness (QED) is 0.889. The zero-order valence-electron chi connectivity index (χ0n) is 11.3. The minimum absolute atomic E-state index is 0.165. The van der Waals surface area contributed by atoms with Crippen LogP contribution in [0.2, 0.25) is 5.15 Å². The smallest absolute Gasteiger partial charge is 0.306 e. The molecule has 1 aliphatic carbocycles. The first kappa shape index (κ1) is 14.3. The number of halogens is 1. The number of carboxylic acids is 1. The van der Waals surface area contributed by atoms with E-state index in [9.17, 15) is 4.79 Å². The molecular formula is C13H20ClN3O2. The Morgan fingerprint density at radius 2 is 2.11 bits per heavy atom. The summed E-state index contributed by atoms with van der Waals surface area (Å²) >= 11 is 6.18. The van der Waals surface area contributed by atoms with Crippen LogP contribution in [0.4, 0.5) is 0 Å². The molecule has 0 aliphatic heterocycles. The molecule has 0 aromatic carbocycles. The van der Waals surface area contributed by atoms with Gasteiger partial charge in [0.15, 0.2) is 0 Å². The third-order valence-corrected chi connectivity index (χ3v) is 4.39. The summed E-state index contributed by atoms with van der Waals surface area (Å²) in [5, 5.41) is 17.4. The fraction of sp³-hybridized carbons (Fsp3) is 0.692. The van der Waals surface area contributed by atoms with E-state index in [1.165, 1.54) is 0 Å². The number of aromatic nitrogens is 2. The fourth-order valence-electron chi connectivity index (χ4n) is 2.67. The average Bonchev–Trinajstić information content (AvgIpc) is 2.62. The van der Waals surface area contributed by atoms with Gasteiger partial charge in [0.2, 0.25) is 0 Å². The van der Waals surface area contributed by atoms with Gasteiger partial charge in [0.05, 0.1) is 11.6 Å². The molecule has 1 fully saturated rings. The maximum Gasteiger partial charge on any atom is 0.306 e. The van der Waals surface area contributed by atoms with Crippen LogP contribution in [0.5, 0.6) is 0 Å². The Labute approximate surface area is 117 Å². The highest BCUT2D eigenvalue weighted by Crippen LogP contribution is 2.25. The molecule has 6 heteroatoms. The molecule has 0 unspecified atom stereocenters. The number of hydrogen-bond donors (Lipinski definition) is 2. The number of aliphatic carboxylic acids is 1. The third-order valence-electron chi connectivity index (χ3n) is 3.91. The molecule has 0 atom stereocenters. The van der Waals surface area contributed by atoms with E-state index in [0.29, 0.717) is 17.7 Å². The van der Waals surface area contributed by atoms with Gasteiger partial charge < -0.3 is 10.4 Å². The summed E-state index contributed by atoms with van der Waals surface area (Å²) in [5.41, 5.74) is 1.98. The van der Waals surface area contributed by atoms with Gasteiger partial charge in [-0.05, 0) is 32.6 Å². The largest absolute Gasteiger partial charge is 0.481 e. The van der Waals surface area contributed by atoms with Crippen molar-refractivity contribution in [3.8, 4) is 0 Å². The molecule has 0 spiro atoms. The molecule has 0 radical (unpaired) electrons. The van der Waals surface area contributed by atoms with Crippen LogP contribution in [0.1, 0.15) is 36.9 Å². The second-order valence-electron chi connectivity index (χ2n) is 5.25. The summed E-state index contributed by atoms with van der Waals surface area (Å²) in [6, 6.07) is 0.381. The third kappa shape index (κ3) is 3.28. The Hall–Kier alpha value is -1.07. The van der Waals surface area contributed by atoms with E-state index >= 15 is 0 Å². The number of hydrogen-bond acceptors (Lipinski definition) is 3. The van der Waals surface area contributed by atoms with Gasteiger partial charge in [0.1, 0.15) is 5.15 Å². The summed E-state index contributed by atoms with van der Waals surface area (Å²) in [5.74, 6) is -0.827. The van der Waals surface area contributed by atoms with Crippen molar-refractivity contribution in [2.45, 2.75) is 45.2 Å². The lowest BCUT2D eigenvalue weighted by atomic mass is 9.86. The molecule has 2 rings (SSSR count). The van der Waals surface area contributed by atoms with Crippen LogP contribution >= 0.6 is 11.6 Å². The van der Waals surface area contributed by atoms with Gasteiger partial charge in [0.25, 0.3) is 0 Å². The van der Waals surface area contributed by atoms with Gasteiger partial charge >= 0.3 is 5.97 Å². The first-order valence-corrected chi connectivity index (χ1v) is 7.01. The van der Waals surface area contributed by atoms with Crippen molar-refractivity contribution in [1.82, 2.24) is 15.1 Å². The van der Waals surface area contributed by atoms with Crippen molar-refractivity contribution in [1.29, 1.82) is 0 Å². The van der Waals surface area contributed by atoms with Crippen molar-refractivity contribution < 1.29 is 9.90 Å². The molecule has 1 heterocycles. The highest BCUT2D eigenvalue weighted by molar-refractivity contribution is 6.30. The maximum atomic E-state index is 10.9. The van der Waals surface area contributed by atoms with Crippen LogP contribution in [-0.2, 0) is 18.4 Å². The summed E-state index contributed by atoms with van der Waals surface area (Å²) < 4.78 is 1.68. The fourth-order valence-corrected chi connectivity index (χ4v) is 2.91. The molecule has 0 amide bonds. The average molecular weight is 286 g/mol. The van der Waals surface area contributed by atoms with Crippen LogP contribution in [0.25, 0.3) is 0 Å². The lowest BCUT2D eigenvalue weighted by Crippen LogP contribution is -2.34. The van der Waals surface area contributed by atoms with Gasteiger partial charge in [-0.2, -0.15) is 5.10 Å². The molecule has 0 bridgehead atoms. The monoisotopic (exact) mass is 285 g/mol. The highest BCUT2D eigenvalue weighted by atomic mass is 35.5. The van der Waals surface area contributed by atoms with Gasteiger partial charge in [-0.3, -0.25) is 9.48 Å². The number of rotatable bonds is 4. The Kier molecular flexibility index (Phi) is 4.47. The lowest BCUT2D eigenvalue weighted by molar-refractivity contribution is -0.142. The van der Waals surface area contributed by atoms with Crippen molar-refractivity contribution in [3.05, 3.63) is 16.4 Å². The van der Waals surface area contributed by atoms with E-state index in [1.807, 2.05) is 14.0 Å². The number of aryl methyl sites for hydroxylation is 2. The molecule has 5 nitrogen and oxygen atoms in total. The number of nitrogens with one attached hydrogen (secondary N) is 1. The molecule has 1 aliphatic rings. The maximum absolute atomic E-state index is 10.9. The van der Waals surface area contributed by atoms with Crippen molar-refractivity contribution in [3.63, 3.8) is 0 Å². The van der Waals surface area contributed by atoms with Crippen LogP contribution in [0.3, 0.4) is 0 Å². The summed E-state index contributed by atoms with van der Waals surface area (Å²) in [6.45, 7) is 2.64. The first-order chi connectivity index (χ1) is 8.99. The Morgan fingerprint density at radius 1 is 1.47 bits per heavy atom. The lowest BCUT2D eigenvalue weighted by Gasteiger charge is -2.26. The molecule has 1 aromatic heterocycles. The van der Waals surface area contributed by atoms with Crippen LogP contribution in [0, 0.1) is 12.8 Å². The van der Waals surface area contributed by atoms with Crippen LogP contribution < -0.4 is 5.32 Å². The number of carbonyl (C=O) groups is 1. The van der Waals surface area contributed by atoms with Crippen molar-refractivity contribution in [2.75, 3.05) is 0 Å². The van der Waals surface area contributed by atoms with E-state index in [2.05, 4.69) is 10.4 Å². The zero-order chi connectivity index (χ0) is 14.0. The van der Waals surface area contributed by atoms with E-state index in [1.54, 1.807) is 4.68 Å². The Bertz CT molecular complexity index is 465. The Balaban J connectivity index is 1.85. The Morgan fingerprint density at radius 3 is 2.58 bits per heavy atom. The zero-order valence-corrected chi connectivity index (χ0v) is 12.1. The molecule has 1 aromatic rings. The molecule has 2 N–H and O–H groups in total. The van der Waals surface area contributed by atoms with Crippen LogP contribution in [-0.4, -0.2) is 26.9 Å². The molecule has 19 heavy (non-hydrogen) atoms. The molecule has 0 saturated heterocycles. The van der Waals surface area contributed by atoms with Gasteiger partial charge in [-0.25, -0.2) is 0 Å². The van der Waals surface area contributed by atoms with E-state index in [4.69, 9.17) is 16.7 Å². The predicted octanol–water partition coefficient (Wildman–Crippen LogP) is 2.11.